The predicted molar refractivity (Wildman–Crippen MR) is 278 cm³/mol. The average Bonchev–Trinajstić information content (AvgIpc) is 3.87. The summed E-state index contributed by atoms with van der Waals surface area (Å²) in [4.78, 5) is 10.5. The Kier molecular flexibility index (Phi) is 9.88. The van der Waals surface area contributed by atoms with Gasteiger partial charge in [-0.05, 0) is 137 Å². The van der Waals surface area contributed by atoms with Gasteiger partial charge in [-0.2, -0.15) is 0 Å². The molecule has 314 valence electrons. The summed E-state index contributed by atoms with van der Waals surface area (Å²) >= 11 is 0. The minimum atomic E-state index is -0.533. The van der Waals surface area contributed by atoms with Crippen molar-refractivity contribution in [2.75, 3.05) is 0 Å². The molecule has 12 rings (SSSR count). The van der Waals surface area contributed by atoms with Gasteiger partial charge in [0.25, 0.3) is 0 Å². The molecule has 0 aliphatic heterocycles. The smallest absolute Gasteiger partial charge is 0.161 e. The summed E-state index contributed by atoms with van der Waals surface area (Å²) in [7, 11) is 0. The van der Waals surface area contributed by atoms with Crippen molar-refractivity contribution in [1.82, 2.24) is 0 Å². The number of nitrogens with one attached hydrogen (secondary N) is 1. The van der Waals surface area contributed by atoms with Gasteiger partial charge in [0.05, 0.1) is 5.41 Å². The van der Waals surface area contributed by atoms with Crippen molar-refractivity contribution in [2.45, 2.75) is 5.41 Å². The highest BCUT2D eigenvalue weighted by Gasteiger charge is 2.51. The average molecular weight is 854 g/mol. The lowest BCUT2D eigenvalue weighted by Gasteiger charge is -2.30. The Bertz CT molecular complexity index is 3390. The van der Waals surface area contributed by atoms with Crippen LogP contribution in [0.2, 0.25) is 0 Å². The van der Waals surface area contributed by atoms with Crippen LogP contribution in [0.1, 0.15) is 38.9 Å². The molecule has 67 heavy (non-hydrogen) atoms. The van der Waals surface area contributed by atoms with Gasteiger partial charge < -0.3 is 0 Å². The number of rotatable bonds is 7. The maximum Gasteiger partial charge on any atom is 0.161 e. The maximum absolute atomic E-state index is 9.93. The second kappa shape index (κ2) is 16.6. The number of amidine groups is 2. The highest BCUT2D eigenvalue weighted by molar-refractivity contribution is 6.14. The van der Waals surface area contributed by atoms with E-state index in [9.17, 15) is 5.41 Å². The molecule has 0 aromatic heterocycles. The van der Waals surface area contributed by atoms with Crippen molar-refractivity contribution in [3.8, 4) is 66.8 Å². The molecular formula is C64H43N3. The Labute approximate surface area is 391 Å². The van der Waals surface area contributed by atoms with Gasteiger partial charge in [0.2, 0.25) is 0 Å². The van der Waals surface area contributed by atoms with Gasteiger partial charge in [0.15, 0.2) is 11.7 Å². The minimum Gasteiger partial charge on any atom is -0.282 e. The molecule has 1 N–H and O–H groups in total. The zero-order chi connectivity index (χ0) is 44.7. The SMILES string of the molecule is N=C(N=C(N=Cc1cc(-c2ccccc2)cc(-c2ccccc2)c1)c1cc(-c2ccccc2)cc(-c2ccccc2)c1)c1ccc2c(c1)C1(c3ccccc3-c3ccccc31)c1ccccc1-2. The number of hydrogen-bond donors (Lipinski definition) is 1. The molecule has 10 aromatic carbocycles. The summed E-state index contributed by atoms with van der Waals surface area (Å²) in [6.07, 6.45) is 1.91. The third kappa shape index (κ3) is 6.97. The molecule has 0 atom stereocenters. The van der Waals surface area contributed by atoms with Crippen LogP contribution in [0.5, 0.6) is 0 Å². The lowest BCUT2D eigenvalue weighted by molar-refractivity contribution is 0.793. The van der Waals surface area contributed by atoms with Crippen LogP contribution in [-0.2, 0) is 5.41 Å². The van der Waals surface area contributed by atoms with Crippen molar-refractivity contribution in [1.29, 1.82) is 5.41 Å². The van der Waals surface area contributed by atoms with Gasteiger partial charge in [-0.15, -0.1) is 0 Å². The van der Waals surface area contributed by atoms with E-state index in [2.05, 4.69) is 224 Å². The van der Waals surface area contributed by atoms with E-state index in [0.717, 1.165) is 66.8 Å². The van der Waals surface area contributed by atoms with Crippen molar-refractivity contribution in [3.63, 3.8) is 0 Å². The quantitative estimate of drug-likeness (QED) is 0.123. The lowest BCUT2D eigenvalue weighted by atomic mass is 9.70. The fraction of sp³-hybridized carbons (Fsp3) is 0.0156. The van der Waals surface area contributed by atoms with Crippen LogP contribution in [0.15, 0.2) is 259 Å². The van der Waals surface area contributed by atoms with E-state index in [4.69, 9.17) is 9.98 Å². The summed E-state index contributed by atoms with van der Waals surface area (Å²) < 4.78 is 0. The molecule has 10 aromatic rings. The zero-order valence-corrected chi connectivity index (χ0v) is 36.6. The predicted octanol–water partition coefficient (Wildman–Crippen LogP) is 15.6. The molecule has 0 fully saturated rings. The van der Waals surface area contributed by atoms with E-state index in [-0.39, 0.29) is 5.84 Å². The Morgan fingerprint density at radius 2 is 0.701 bits per heavy atom. The number of fused-ring (bicyclic) bond motifs is 10. The van der Waals surface area contributed by atoms with Gasteiger partial charge in [0, 0.05) is 17.3 Å². The zero-order valence-electron chi connectivity index (χ0n) is 36.6. The molecule has 0 heterocycles. The number of hydrogen-bond acceptors (Lipinski definition) is 1. The van der Waals surface area contributed by atoms with Gasteiger partial charge in [-0.25, -0.2) is 9.98 Å². The number of benzene rings is 10. The molecule has 0 bridgehead atoms. The fourth-order valence-corrected chi connectivity index (χ4v) is 10.4. The minimum absolute atomic E-state index is 0.134. The standard InChI is InChI=1S/C64H43N3/c65-62(48-33-34-57-56-29-15-18-32-60(56)64(61(57)41-48)58-30-16-13-27-54(58)55-28-14-17-31-59(55)64)67-63(53-39-51(46-23-9-3-10-24-46)38-52(40-53)47-25-11-4-12-26-47)66-42-43-35-49(44-19-5-1-6-20-44)37-50(36-43)45-21-7-2-8-22-45/h1-42,65H. The lowest BCUT2D eigenvalue weighted by Crippen LogP contribution is -2.26. The third-order valence-electron chi connectivity index (χ3n) is 13.4. The third-order valence-corrected chi connectivity index (χ3v) is 13.4. The second-order valence-electron chi connectivity index (χ2n) is 17.3. The molecule has 3 nitrogen and oxygen atoms in total. The van der Waals surface area contributed by atoms with Gasteiger partial charge in [-0.3, -0.25) is 5.41 Å². The summed E-state index contributed by atoms with van der Waals surface area (Å²) in [5.74, 6) is 0.580. The van der Waals surface area contributed by atoms with Crippen LogP contribution < -0.4 is 0 Å². The van der Waals surface area contributed by atoms with Crippen LogP contribution >= 0.6 is 0 Å². The van der Waals surface area contributed by atoms with E-state index < -0.39 is 5.41 Å². The van der Waals surface area contributed by atoms with Crippen molar-refractivity contribution in [2.24, 2.45) is 9.98 Å². The second-order valence-corrected chi connectivity index (χ2v) is 17.3. The van der Waals surface area contributed by atoms with Crippen LogP contribution in [0.3, 0.4) is 0 Å². The number of nitrogens with zero attached hydrogens (tertiary/aromatic N) is 2. The van der Waals surface area contributed by atoms with E-state index in [0.29, 0.717) is 5.84 Å². The van der Waals surface area contributed by atoms with E-state index >= 15 is 0 Å². The van der Waals surface area contributed by atoms with Gasteiger partial charge in [-0.1, -0.05) is 206 Å². The molecule has 0 saturated carbocycles. The molecule has 0 radical (unpaired) electrons. The van der Waals surface area contributed by atoms with Crippen LogP contribution in [0.4, 0.5) is 0 Å². The van der Waals surface area contributed by atoms with Crippen molar-refractivity contribution >= 4 is 17.9 Å². The van der Waals surface area contributed by atoms with Crippen molar-refractivity contribution < 1.29 is 0 Å². The van der Waals surface area contributed by atoms with Gasteiger partial charge in [0.1, 0.15) is 0 Å². The molecule has 1 spiro atoms. The largest absolute Gasteiger partial charge is 0.282 e. The van der Waals surface area contributed by atoms with Crippen molar-refractivity contribution in [3.05, 3.63) is 288 Å². The molecule has 0 unspecified atom stereocenters. The molecule has 0 saturated heterocycles. The Morgan fingerprint density at radius 1 is 0.328 bits per heavy atom. The normalized spacial score (nSPS) is 13.0. The fourth-order valence-electron chi connectivity index (χ4n) is 10.4. The Morgan fingerprint density at radius 3 is 1.13 bits per heavy atom. The van der Waals surface area contributed by atoms with Gasteiger partial charge >= 0.3 is 0 Å². The highest BCUT2D eigenvalue weighted by Crippen LogP contribution is 2.62. The first-order valence-corrected chi connectivity index (χ1v) is 22.8. The highest BCUT2D eigenvalue weighted by atomic mass is 14.9. The summed E-state index contributed by atoms with van der Waals surface area (Å²) in [6, 6.07) is 87.8. The molecular weight excluding hydrogens is 811 g/mol. The van der Waals surface area contributed by atoms with Crippen LogP contribution in [-0.4, -0.2) is 17.9 Å². The first kappa shape index (κ1) is 39.8. The van der Waals surface area contributed by atoms with Crippen LogP contribution in [0.25, 0.3) is 66.8 Å². The van der Waals surface area contributed by atoms with E-state index in [1.165, 1.54) is 38.9 Å². The Balaban J connectivity index is 1.04. The molecule has 2 aliphatic rings. The monoisotopic (exact) mass is 853 g/mol. The summed E-state index contributed by atoms with van der Waals surface area (Å²) in [5.41, 5.74) is 20.5. The topological polar surface area (TPSA) is 48.6 Å². The van der Waals surface area contributed by atoms with Crippen LogP contribution in [0, 0.1) is 5.41 Å². The Hall–Kier alpha value is -8.79. The molecule has 2 aliphatic carbocycles. The first-order chi connectivity index (χ1) is 33.1. The molecule has 3 heteroatoms. The molecule has 0 amide bonds. The summed E-state index contributed by atoms with van der Waals surface area (Å²) in [5, 5.41) is 9.93. The number of aliphatic imine (C=N–C) groups is 2. The summed E-state index contributed by atoms with van der Waals surface area (Å²) in [6.45, 7) is 0. The maximum atomic E-state index is 9.93. The van der Waals surface area contributed by atoms with E-state index in [1.807, 2.05) is 30.5 Å². The first-order valence-electron chi connectivity index (χ1n) is 22.8. The van der Waals surface area contributed by atoms with E-state index in [1.54, 1.807) is 0 Å².